The number of hydrogen-bond donors (Lipinski definition) is 0. The van der Waals surface area contributed by atoms with Crippen molar-refractivity contribution in [2.45, 2.75) is 43.5 Å². The summed E-state index contributed by atoms with van der Waals surface area (Å²) in [6.07, 6.45) is 4.15. The summed E-state index contributed by atoms with van der Waals surface area (Å²) in [6.45, 7) is 6.40. The highest BCUT2D eigenvalue weighted by molar-refractivity contribution is 7.89. The second kappa shape index (κ2) is 9.11. The SMILES string of the molecule is CCCN1CCCCC1C(=O)N1CCN(S(=O)(=O)c2ccc3c(c2)OCCO3)CC1. The van der Waals surface area contributed by atoms with E-state index < -0.39 is 10.0 Å². The maximum atomic E-state index is 13.1. The Balaban J connectivity index is 1.40. The molecule has 9 heteroatoms. The van der Waals surface area contributed by atoms with Gasteiger partial charge in [-0.15, -0.1) is 0 Å². The number of ether oxygens (including phenoxy) is 2. The first kappa shape index (κ1) is 21.4. The lowest BCUT2D eigenvalue weighted by Crippen LogP contribution is -2.56. The molecule has 3 heterocycles. The van der Waals surface area contributed by atoms with Crippen LogP contribution in [0, 0.1) is 0 Å². The fourth-order valence-electron chi connectivity index (χ4n) is 4.52. The first-order valence-electron chi connectivity index (χ1n) is 10.9. The number of fused-ring (bicyclic) bond motifs is 1. The number of hydrogen-bond acceptors (Lipinski definition) is 6. The summed E-state index contributed by atoms with van der Waals surface area (Å²) in [6, 6.07) is 4.68. The van der Waals surface area contributed by atoms with Gasteiger partial charge >= 0.3 is 0 Å². The number of likely N-dealkylation sites (tertiary alicyclic amines) is 1. The van der Waals surface area contributed by atoms with Crippen LogP contribution in [0.4, 0.5) is 0 Å². The maximum absolute atomic E-state index is 13.1. The van der Waals surface area contributed by atoms with E-state index >= 15 is 0 Å². The maximum Gasteiger partial charge on any atom is 0.243 e. The van der Waals surface area contributed by atoms with Gasteiger partial charge in [-0.1, -0.05) is 13.3 Å². The monoisotopic (exact) mass is 437 g/mol. The van der Waals surface area contributed by atoms with Crippen molar-refractivity contribution in [3.63, 3.8) is 0 Å². The van der Waals surface area contributed by atoms with Gasteiger partial charge in [0.25, 0.3) is 0 Å². The molecule has 0 saturated carbocycles. The number of piperazine rings is 1. The van der Waals surface area contributed by atoms with Crippen LogP contribution in [-0.2, 0) is 14.8 Å². The smallest absolute Gasteiger partial charge is 0.243 e. The average molecular weight is 438 g/mol. The molecule has 0 aliphatic carbocycles. The predicted molar refractivity (Wildman–Crippen MR) is 112 cm³/mol. The number of amides is 1. The Kier molecular flexibility index (Phi) is 6.50. The van der Waals surface area contributed by atoms with E-state index in [-0.39, 0.29) is 16.8 Å². The van der Waals surface area contributed by atoms with Crippen LogP contribution in [0.15, 0.2) is 23.1 Å². The van der Waals surface area contributed by atoms with E-state index in [2.05, 4.69) is 11.8 Å². The van der Waals surface area contributed by atoms with Gasteiger partial charge in [0.1, 0.15) is 13.2 Å². The number of carbonyl (C=O) groups is 1. The van der Waals surface area contributed by atoms with Gasteiger partial charge in [0.2, 0.25) is 15.9 Å². The molecule has 3 aliphatic heterocycles. The summed E-state index contributed by atoms with van der Waals surface area (Å²) in [5.74, 6) is 1.18. The largest absolute Gasteiger partial charge is 0.486 e. The van der Waals surface area contributed by atoms with Crippen LogP contribution >= 0.6 is 0 Å². The van der Waals surface area contributed by atoms with Crippen LogP contribution in [0.3, 0.4) is 0 Å². The Hall–Kier alpha value is -1.84. The van der Waals surface area contributed by atoms with Gasteiger partial charge in [-0.05, 0) is 44.5 Å². The standard InChI is InChI=1S/C21H31N3O5S/c1-2-8-22-9-4-3-5-18(22)21(25)23-10-12-24(13-11-23)30(26,27)17-6-7-19-20(16-17)29-15-14-28-19/h6-7,16,18H,2-5,8-15H2,1H3. The molecule has 1 aromatic carbocycles. The highest BCUT2D eigenvalue weighted by Gasteiger charge is 2.35. The average Bonchev–Trinajstić information content (AvgIpc) is 2.79. The first-order chi connectivity index (χ1) is 14.5. The Morgan fingerprint density at radius 3 is 2.50 bits per heavy atom. The molecule has 166 valence electrons. The van der Waals surface area contributed by atoms with E-state index in [9.17, 15) is 13.2 Å². The highest BCUT2D eigenvalue weighted by atomic mass is 32.2. The van der Waals surface area contributed by atoms with Crippen molar-refractivity contribution in [1.29, 1.82) is 0 Å². The summed E-state index contributed by atoms with van der Waals surface area (Å²) in [7, 11) is -3.64. The Morgan fingerprint density at radius 2 is 1.77 bits per heavy atom. The lowest BCUT2D eigenvalue weighted by atomic mass is 10.0. The molecule has 4 rings (SSSR count). The van der Waals surface area contributed by atoms with E-state index in [0.717, 1.165) is 38.8 Å². The molecule has 3 aliphatic rings. The highest BCUT2D eigenvalue weighted by Crippen LogP contribution is 2.33. The van der Waals surface area contributed by atoms with E-state index in [0.29, 0.717) is 50.9 Å². The minimum Gasteiger partial charge on any atom is -0.486 e. The second-order valence-electron chi connectivity index (χ2n) is 8.08. The van der Waals surface area contributed by atoms with E-state index in [1.807, 2.05) is 4.90 Å². The topological polar surface area (TPSA) is 79.4 Å². The van der Waals surface area contributed by atoms with Gasteiger partial charge in [-0.3, -0.25) is 9.69 Å². The zero-order valence-corrected chi connectivity index (χ0v) is 18.4. The number of nitrogens with zero attached hydrogens (tertiary/aromatic N) is 3. The van der Waals surface area contributed by atoms with Crippen LogP contribution in [-0.4, -0.2) is 87.0 Å². The fraction of sp³-hybridized carbons (Fsp3) is 0.667. The van der Waals surface area contributed by atoms with Crippen molar-refractivity contribution >= 4 is 15.9 Å². The molecule has 1 aromatic rings. The van der Waals surface area contributed by atoms with Gasteiger partial charge in [0, 0.05) is 32.2 Å². The van der Waals surface area contributed by atoms with Gasteiger partial charge in [-0.25, -0.2) is 8.42 Å². The molecule has 2 fully saturated rings. The summed E-state index contributed by atoms with van der Waals surface area (Å²) in [5, 5.41) is 0. The molecule has 2 saturated heterocycles. The Morgan fingerprint density at radius 1 is 1.03 bits per heavy atom. The molecular weight excluding hydrogens is 406 g/mol. The molecule has 1 unspecified atom stereocenters. The normalized spacial score (nSPS) is 23.4. The molecule has 0 aromatic heterocycles. The van der Waals surface area contributed by atoms with Crippen LogP contribution in [0.2, 0.25) is 0 Å². The molecule has 0 N–H and O–H groups in total. The third kappa shape index (κ3) is 4.29. The number of rotatable bonds is 5. The molecule has 8 nitrogen and oxygen atoms in total. The van der Waals surface area contributed by atoms with Crippen LogP contribution in [0.1, 0.15) is 32.6 Å². The third-order valence-electron chi connectivity index (χ3n) is 6.11. The third-order valence-corrected chi connectivity index (χ3v) is 8.01. The summed E-state index contributed by atoms with van der Waals surface area (Å²) >= 11 is 0. The summed E-state index contributed by atoms with van der Waals surface area (Å²) in [5.41, 5.74) is 0. The lowest BCUT2D eigenvalue weighted by Gasteiger charge is -2.40. The van der Waals surface area contributed by atoms with E-state index in [1.165, 1.54) is 10.4 Å². The molecule has 30 heavy (non-hydrogen) atoms. The zero-order chi connectivity index (χ0) is 21.1. The molecule has 0 radical (unpaired) electrons. The number of carbonyl (C=O) groups excluding carboxylic acids is 1. The van der Waals surface area contributed by atoms with Gasteiger partial charge in [0.05, 0.1) is 10.9 Å². The summed E-state index contributed by atoms with van der Waals surface area (Å²) in [4.78, 5) is 17.5. The predicted octanol–water partition coefficient (Wildman–Crippen LogP) is 1.56. The van der Waals surface area contributed by atoms with Gasteiger partial charge in [-0.2, -0.15) is 4.31 Å². The molecule has 1 amide bonds. The summed E-state index contributed by atoms with van der Waals surface area (Å²) < 4.78 is 38.7. The number of piperidine rings is 1. The van der Waals surface area contributed by atoms with Crippen molar-refractivity contribution in [2.75, 3.05) is 52.5 Å². The number of sulfonamides is 1. The van der Waals surface area contributed by atoms with Crippen molar-refractivity contribution in [1.82, 2.24) is 14.1 Å². The number of benzene rings is 1. The quantitative estimate of drug-likeness (QED) is 0.696. The zero-order valence-electron chi connectivity index (χ0n) is 17.6. The molecule has 1 atom stereocenters. The minimum atomic E-state index is -3.64. The molecule has 0 spiro atoms. The van der Waals surface area contributed by atoms with Gasteiger partial charge in [0.15, 0.2) is 11.5 Å². The molecule has 0 bridgehead atoms. The van der Waals surface area contributed by atoms with Crippen LogP contribution in [0.25, 0.3) is 0 Å². The first-order valence-corrected chi connectivity index (χ1v) is 12.4. The van der Waals surface area contributed by atoms with E-state index in [4.69, 9.17) is 9.47 Å². The van der Waals surface area contributed by atoms with E-state index in [1.54, 1.807) is 12.1 Å². The van der Waals surface area contributed by atoms with Crippen molar-refractivity contribution < 1.29 is 22.7 Å². The molecular formula is C21H31N3O5S. The Bertz CT molecular complexity index is 865. The minimum absolute atomic E-state index is 0.0559. The lowest BCUT2D eigenvalue weighted by molar-refractivity contribution is -0.139. The van der Waals surface area contributed by atoms with Crippen molar-refractivity contribution in [3.8, 4) is 11.5 Å². The van der Waals surface area contributed by atoms with Crippen LogP contribution < -0.4 is 9.47 Å². The fourth-order valence-corrected chi connectivity index (χ4v) is 5.96. The van der Waals surface area contributed by atoms with Crippen molar-refractivity contribution in [2.24, 2.45) is 0 Å². The van der Waals surface area contributed by atoms with Crippen molar-refractivity contribution in [3.05, 3.63) is 18.2 Å². The van der Waals surface area contributed by atoms with Crippen LogP contribution in [0.5, 0.6) is 11.5 Å². The second-order valence-corrected chi connectivity index (χ2v) is 10.0. The Labute approximate surface area is 178 Å². The van der Waals surface area contributed by atoms with Gasteiger partial charge < -0.3 is 14.4 Å².